The number of methoxy groups -OCH3 is 1. The van der Waals surface area contributed by atoms with Gasteiger partial charge in [-0.05, 0) is 43.4 Å². The molecule has 2 fully saturated rings. The Morgan fingerprint density at radius 1 is 1.39 bits per heavy atom. The van der Waals surface area contributed by atoms with Crippen molar-refractivity contribution in [2.24, 2.45) is 11.3 Å². The number of hydrogen-bond acceptors (Lipinski definition) is 3. The fraction of sp³-hybridized carbons (Fsp3) is 0.889. The molecule has 0 heterocycles. The van der Waals surface area contributed by atoms with Crippen LogP contribution in [-0.2, 0) is 9.53 Å². The highest BCUT2D eigenvalue weighted by Gasteiger charge is 2.48. The zero-order valence-corrected chi connectivity index (χ0v) is 14.9. The molecule has 1 N–H and O–H groups in total. The van der Waals surface area contributed by atoms with Crippen LogP contribution in [-0.4, -0.2) is 50.1 Å². The van der Waals surface area contributed by atoms with Gasteiger partial charge in [0.05, 0.1) is 0 Å². The lowest BCUT2D eigenvalue weighted by Gasteiger charge is -2.53. The predicted octanol–water partition coefficient (Wildman–Crippen LogP) is 2.98. The van der Waals surface area contributed by atoms with Crippen molar-refractivity contribution < 1.29 is 14.3 Å². The Morgan fingerprint density at radius 3 is 2.57 bits per heavy atom. The number of nitrogens with one attached hydrogen (secondary N) is 1. The largest absolute Gasteiger partial charge is 0.385 e. The standard InChI is InChI=1S/C18H32N2O3/c1-4-14(7-10-23-3)13-20(17(22)19-2)15-11-18(12-15)8-5-16(21)6-9-18/h14-15H,4-13H2,1-3H3,(H,19,22). The van der Waals surface area contributed by atoms with Crippen molar-refractivity contribution in [1.29, 1.82) is 0 Å². The van der Waals surface area contributed by atoms with Gasteiger partial charge in [0.25, 0.3) is 0 Å². The Morgan fingerprint density at radius 2 is 2.04 bits per heavy atom. The zero-order chi connectivity index (χ0) is 16.9. The van der Waals surface area contributed by atoms with Crippen LogP contribution in [0.25, 0.3) is 0 Å². The number of carbonyl (C=O) groups excluding carboxylic acids is 2. The number of ether oxygens (including phenoxy) is 1. The van der Waals surface area contributed by atoms with Gasteiger partial charge in [0.15, 0.2) is 0 Å². The highest BCUT2D eigenvalue weighted by atomic mass is 16.5. The van der Waals surface area contributed by atoms with Crippen LogP contribution in [0.2, 0.25) is 0 Å². The number of rotatable bonds is 7. The van der Waals surface area contributed by atoms with Crippen LogP contribution < -0.4 is 5.32 Å². The van der Waals surface area contributed by atoms with Gasteiger partial charge in [-0.3, -0.25) is 4.79 Å². The number of carbonyl (C=O) groups is 2. The molecule has 2 aliphatic carbocycles. The van der Waals surface area contributed by atoms with Crippen LogP contribution in [0.1, 0.15) is 58.3 Å². The van der Waals surface area contributed by atoms with Crippen LogP contribution in [0.5, 0.6) is 0 Å². The molecular weight excluding hydrogens is 292 g/mol. The number of nitrogens with zero attached hydrogens (tertiary/aromatic N) is 1. The summed E-state index contributed by atoms with van der Waals surface area (Å²) in [4.78, 5) is 25.8. The molecule has 132 valence electrons. The maximum Gasteiger partial charge on any atom is 0.317 e. The van der Waals surface area contributed by atoms with E-state index in [1.807, 2.05) is 4.90 Å². The molecule has 0 saturated heterocycles. The first-order chi connectivity index (χ1) is 11.0. The Hall–Kier alpha value is -1.10. The molecule has 1 unspecified atom stereocenters. The number of Topliss-reactive ketones (excluding diaryl/α,β-unsaturated/α-hetero) is 1. The molecule has 23 heavy (non-hydrogen) atoms. The van der Waals surface area contributed by atoms with Crippen LogP contribution >= 0.6 is 0 Å². The molecule has 0 aromatic rings. The molecule has 5 nitrogen and oxygen atoms in total. The Kier molecular flexibility index (Phi) is 6.45. The van der Waals surface area contributed by atoms with Crippen LogP contribution in [0.3, 0.4) is 0 Å². The molecule has 1 atom stereocenters. The van der Waals surface area contributed by atoms with E-state index in [1.165, 1.54) is 0 Å². The van der Waals surface area contributed by atoms with E-state index in [2.05, 4.69) is 12.2 Å². The summed E-state index contributed by atoms with van der Waals surface area (Å²) in [6.07, 6.45) is 7.69. The normalized spacial score (nSPS) is 21.8. The predicted molar refractivity (Wildman–Crippen MR) is 90.4 cm³/mol. The molecule has 0 aliphatic heterocycles. The van der Waals surface area contributed by atoms with E-state index in [0.717, 1.165) is 64.5 Å². The second kappa shape index (κ2) is 8.13. The molecule has 0 aromatic carbocycles. The fourth-order valence-corrected chi connectivity index (χ4v) is 4.16. The van der Waals surface area contributed by atoms with E-state index in [9.17, 15) is 9.59 Å². The third kappa shape index (κ3) is 4.46. The lowest BCUT2D eigenvalue weighted by Crippen LogP contribution is -2.57. The number of hydrogen-bond donors (Lipinski definition) is 1. The van der Waals surface area contributed by atoms with Gasteiger partial charge in [-0.2, -0.15) is 0 Å². The van der Waals surface area contributed by atoms with Crippen molar-refractivity contribution in [3.63, 3.8) is 0 Å². The highest BCUT2D eigenvalue weighted by Crippen LogP contribution is 2.52. The number of amides is 2. The fourth-order valence-electron chi connectivity index (χ4n) is 4.16. The molecule has 0 aromatic heterocycles. The van der Waals surface area contributed by atoms with E-state index in [-0.39, 0.29) is 6.03 Å². The van der Waals surface area contributed by atoms with E-state index in [1.54, 1.807) is 14.2 Å². The molecule has 2 rings (SSSR count). The molecule has 0 bridgehead atoms. The topological polar surface area (TPSA) is 58.6 Å². The van der Waals surface area contributed by atoms with Gasteiger partial charge in [0, 0.05) is 46.2 Å². The van der Waals surface area contributed by atoms with E-state index < -0.39 is 0 Å². The summed E-state index contributed by atoms with van der Waals surface area (Å²) in [6, 6.07) is 0.368. The summed E-state index contributed by atoms with van der Waals surface area (Å²) in [6.45, 7) is 3.73. The zero-order valence-electron chi connectivity index (χ0n) is 14.9. The van der Waals surface area contributed by atoms with Gasteiger partial charge in [-0.1, -0.05) is 13.3 Å². The van der Waals surface area contributed by atoms with Crippen molar-refractivity contribution in [1.82, 2.24) is 10.2 Å². The van der Waals surface area contributed by atoms with Crippen LogP contribution in [0.4, 0.5) is 4.79 Å². The molecule has 5 heteroatoms. The Bertz CT molecular complexity index is 406. The van der Waals surface area contributed by atoms with E-state index in [0.29, 0.717) is 23.2 Å². The van der Waals surface area contributed by atoms with Gasteiger partial charge in [0.2, 0.25) is 0 Å². The monoisotopic (exact) mass is 324 g/mol. The van der Waals surface area contributed by atoms with Gasteiger partial charge >= 0.3 is 6.03 Å². The summed E-state index contributed by atoms with van der Waals surface area (Å²) in [7, 11) is 3.43. The average molecular weight is 324 g/mol. The summed E-state index contributed by atoms with van der Waals surface area (Å²) < 4.78 is 5.19. The van der Waals surface area contributed by atoms with Crippen molar-refractivity contribution in [3.8, 4) is 0 Å². The van der Waals surface area contributed by atoms with Crippen LogP contribution in [0.15, 0.2) is 0 Å². The van der Waals surface area contributed by atoms with Crippen molar-refractivity contribution >= 4 is 11.8 Å². The minimum absolute atomic E-state index is 0.0348. The first kappa shape index (κ1) is 18.2. The van der Waals surface area contributed by atoms with Crippen molar-refractivity contribution in [2.45, 2.75) is 64.3 Å². The second-order valence-electron chi connectivity index (χ2n) is 7.36. The quantitative estimate of drug-likeness (QED) is 0.783. The molecular formula is C18H32N2O3. The first-order valence-corrected chi connectivity index (χ1v) is 9.02. The smallest absolute Gasteiger partial charge is 0.317 e. The van der Waals surface area contributed by atoms with Gasteiger partial charge in [-0.25, -0.2) is 4.79 Å². The highest BCUT2D eigenvalue weighted by molar-refractivity contribution is 5.79. The van der Waals surface area contributed by atoms with Crippen molar-refractivity contribution in [3.05, 3.63) is 0 Å². The lowest BCUT2D eigenvalue weighted by atomic mass is 9.58. The van der Waals surface area contributed by atoms with Crippen molar-refractivity contribution in [2.75, 3.05) is 27.3 Å². The molecule has 1 spiro atoms. The Labute approximate surface area is 140 Å². The minimum atomic E-state index is 0.0348. The number of urea groups is 1. The number of ketones is 1. The summed E-state index contributed by atoms with van der Waals surface area (Å²) in [5, 5.41) is 2.80. The molecule has 2 saturated carbocycles. The summed E-state index contributed by atoms with van der Waals surface area (Å²) in [5.41, 5.74) is 0.332. The lowest BCUT2D eigenvalue weighted by molar-refractivity contribution is -0.125. The third-order valence-corrected chi connectivity index (χ3v) is 5.88. The van der Waals surface area contributed by atoms with Gasteiger partial charge in [-0.15, -0.1) is 0 Å². The summed E-state index contributed by atoms with van der Waals surface area (Å²) >= 11 is 0. The average Bonchev–Trinajstić information content (AvgIpc) is 2.54. The summed E-state index contributed by atoms with van der Waals surface area (Å²) in [5.74, 6) is 0.893. The molecule has 0 radical (unpaired) electrons. The van der Waals surface area contributed by atoms with Gasteiger partial charge < -0.3 is 15.0 Å². The van der Waals surface area contributed by atoms with E-state index in [4.69, 9.17) is 4.74 Å². The third-order valence-electron chi connectivity index (χ3n) is 5.88. The maximum absolute atomic E-state index is 12.3. The molecule has 2 aliphatic rings. The van der Waals surface area contributed by atoms with Gasteiger partial charge in [0.1, 0.15) is 5.78 Å². The minimum Gasteiger partial charge on any atom is -0.385 e. The SMILES string of the molecule is CCC(CCOC)CN(C(=O)NC)C1CC2(CCC(=O)CC2)C1. The van der Waals surface area contributed by atoms with Crippen LogP contribution in [0, 0.1) is 11.3 Å². The maximum atomic E-state index is 12.3. The first-order valence-electron chi connectivity index (χ1n) is 9.02. The van der Waals surface area contributed by atoms with E-state index >= 15 is 0 Å². The molecule has 2 amide bonds. The second-order valence-corrected chi connectivity index (χ2v) is 7.36. The Balaban J connectivity index is 1.92.